The molecule has 1 aromatic rings. The van der Waals surface area contributed by atoms with Gasteiger partial charge in [0, 0.05) is 38.2 Å². The first-order valence-corrected chi connectivity index (χ1v) is 8.35. The van der Waals surface area contributed by atoms with E-state index >= 15 is 0 Å². The number of aliphatic hydroxyl groups excluding tert-OH is 1. The van der Waals surface area contributed by atoms with E-state index in [1.807, 2.05) is 18.2 Å². The summed E-state index contributed by atoms with van der Waals surface area (Å²) in [7, 11) is 0. The van der Waals surface area contributed by atoms with E-state index in [1.165, 1.54) is 4.90 Å². The highest BCUT2D eigenvalue weighted by molar-refractivity contribution is 6.05. The summed E-state index contributed by atoms with van der Waals surface area (Å²) in [5.41, 5.74) is 7.74. The number of hydrogen-bond acceptors (Lipinski definition) is 6. The molecule has 2 heterocycles. The van der Waals surface area contributed by atoms with Crippen LogP contribution in [-0.4, -0.2) is 53.0 Å². The largest absolute Gasteiger partial charge is 0.390 e. The molecule has 0 aromatic heterocycles. The van der Waals surface area contributed by atoms with Gasteiger partial charge in [-0.2, -0.15) is 0 Å². The minimum atomic E-state index is -0.598. The molecule has 0 bridgehead atoms. The minimum absolute atomic E-state index is 0.187. The average molecular weight is 346 g/mol. The van der Waals surface area contributed by atoms with E-state index in [4.69, 9.17) is 5.73 Å². The molecule has 25 heavy (non-hydrogen) atoms. The summed E-state index contributed by atoms with van der Waals surface area (Å²) in [6.45, 7) is 1.45. The molecule has 1 fully saturated rings. The Morgan fingerprint density at radius 2 is 2.16 bits per heavy atom. The Morgan fingerprint density at radius 1 is 1.36 bits per heavy atom. The van der Waals surface area contributed by atoms with Crippen LogP contribution in [-0.2, 0) is 22.7 Å². The van der Waals surface area contributed by atoms with Crippen molar-refractivity contribution in [2.45, 2.75) is 38.1 Å². The number of nitrogens with one attached hydrogen (secondary N) is 2. The van der Waals surface area contributed by atoms with Gasteiger partial charge in [-0.15, -0.1) is 0 Å². The summed E-state index contributed by atoms with van der Waals surface area (Å²) in [6.07, 6.45) is 0.00406. The van der Waals surface area contributed by atoms with Crippen molar-refractivity contribution in [2.75, 3.05) is 13.1 Å². The first-order chi connectivity index (χ1) is 12.0. The second-order valence-corrected chi connectivity index (χ2v) is 6.41. The number of fused-ring (bicyclic) bond motifs is 1. The normalized spacial score (nSPS) is 21.3. The van der Waals surface area contributed by atoms with Crippen LogP contribution >= 0.6 is 0 Å². The number of aliphatic hydroxyl groups is 1. The number of amides is 3. The fourth-order valence-corrected chi connectivity index (χ4v) is 3.18. The van der Waals surface area contributed by atoms with Crippen LogP contribution in [0.5, 0.6) is 0 Å². The van der Waals surface area contributed by atoms with Crippen LogP contribution in [0.15, 0.2) is 18.2 Å². The van der Waals surface area contributed by atoms with Crippen molar-refractivity contribution in [2.24, 2.45) is 5.73 Å². The first kappa shape index (κ1) is 17.5. The van der Waals surface area contributed by atoms with Crippen LogP contribution in [0.4, 0.5) is 0 Å². The molecule has 3 rings (SSSR count). The molecular formula is C17H22N4O4. The maximum atomic E-state index is 12.7. The molecule has 2 aliphatic heterocycles. The number of piperidine rings is 1. The van der Waals surface area contributed by atoms with Crippen molar-refractivity contribution >= 4 is 17.7 Å². The summed E-state index contributed by atoms with van der Waals surface area (Å²) < 4.78 is 0. The third kappa shape index (κ3) is 3.71. The summed E-state index contributed by atoms with van der Waals surface area (Å²) in [6, 6.07) is 5.02. The number of nitrogens with zero attached hydrogens (tertiary/aromatic N) is 1. The van der Waals surface area contributed by atoms with E-state index in [9.17, 15) is 19.5 Å². The summed E-state index contributed by atoms with van der Waals surface area (Å²) in [4.78, 5) is 37.5. The number of benzene rings is 1. The zero-order valence-corrected chi connectivity index (χ0v) is 13.8. The number of rotatable bonds is 6. The van der Waals surface area contributed by atoms with Crippen molar-refractivity contribution in [3.05, 3.63) is 34.9 Å². The highest BCUT2D eigenvalue weighted by Gasteiger charge is 2.38. The molecule has 1 aromatic carbocycles. The van der Waals surface area contributed by atoms with E-state index in [-0.39, 0.29) is 24.8 Å². The predicted octanol–water partition coefficient (Wildman–Crippen LogP) is -1.14. The van der Waals surface area contributed by atoms with Crippen molar-refractivity contribution in [3.8, 4) is 0 Å². The third-order valence-corrected chi connectivity index (χ3v) is 4.57. The Morgan fingerprint density at radius 3 is 2.88 bits per heavy atom. The first-order valence-electron chi connectivity index (χ1n) is 8.35. The van der Waals surface area contributed by atoms with Gasteiger partial charge < -0.3 is 21.1 Å². The van der Waals surface area contributed by atoms with E-state index in [1.54, 1.807) is 0 Å². The van der Waals surface area contributed by atoms with E-state index in [2.05, 4.69) is 10.6 Å². The Hall–Kier alpha value is -2.29. The average Bonchev–Trinajstić information content (AvgIpc) is 2.91. The monoisotopic (exact) mass is 346 g/mol. The summed E-state index contributed by atoms with van der Waals surface area (Å²) in [5.74, 6) is -0.887. The maximum Gasteiger partial charge on any atom is 0.255 e. The van der Waals surface area contributed by atoms with Crippen molar-refractivity contribution < 1.29 is 19.5 Å². The molecule has 2 aliphatic rings. The van der Waals surface area contributed by atoms with Gasteiger partial charge in [0.05, 0.1) is 6.10 Å². The Labute approximate surface area is 145 Å². The zero-order valence-electron chi connectivity index (χ0n) is 13.8. The van der Waals surface area contributed by atoms with E-state index in [0.29, 0.717) is 31.6 Å². The number of imide groups is 1. The molecule has 0 saturated carbocycles. The van der Waals surface area contributed by atoms with Gasteiger partial charge in [-0.3, -0.25) is 19.7 Å². The number of carbonyl (C=O) groups is 3. The number of hydrogen-bond donors (Lipinski definition) is 4. The Bertz CT molecular complexity index is 706. The van der Waals surface area contributed by atoms with Crippen molar-refractivity contribution in [1.29, 1.82) is 0 Å². The molecule has 134 valence electrons. The molecule has 3 amide bonds. The highest BCUT2D eigenvalue weighted by Crippen LogP contribution is 2.28. The molecule has 1 unspecified atom stereocenters. The molecular weight excluding hydrogens is 324 g/mol. The van der Waals surface area contributed by atoms with Gasteiger partial charge in [0.1, 0.15) is 6.04 Å². The molecule has 0 spiro atoms. The van der Waals surface area contributed by atoms with Gasteiger partial charge in [-0.25, -0.2) is 0 Å². The zero-order chi connectivity index (χ0) is 18.0. The fraction of sp³-hybridized carbons (Fsp3) is 0.471. The fourth-order valence-electron chi connectivity index (χ4n) is 3.18. The van der Waals surface area contributed by atoms with Crippen LogP contribution in [0.3, 0.4) is 0 Å². The van der Waals surface area contributed by atoms with E-state index < -0.39 is 18.1 Å². The molecule has 0 aliphatic carbocycles. The Balaban J connectivity index is 1.67. The smallest absolute Gasteiger partial charge is 0.255 e. The lowest BCUT2D eigenvalue weighted by Crippen LogP contribution is -2.52. The van der Waals surface area contributed by atoms with Crippen LogP contribution < -0.4 is 16.4 Å². The van der Waals surface area contributed by atoms with Gasteiger partial charge in [0.15, 0.2) is 0 Å². The molecule has 2 atom stereocenters. The highest BCUT2D eigenvalue weighted by atomic mass is 16.3. The topological polar surface area (TPSA) is 125 Å². The minimum Gasteiger partial charge on any atom is -0.390 e. The van der Waals surface area contributed by atoms with Crippen LogP contribution in [0.2, 0.25) is 0 Å². The molecule has 0 radical (unpaired) electrons. The summed E-state index contributed by atoms with van der Waals surface area (Å²) >= 11 is 0. The third-order valence-electron chi connectivity index (χ3n) is 4.57. The predicted molar refractivity (Wildman–Crippen MR) is 89.3 cm³/mol. The lowest BCUT2D eigenvalue weighted by atomic mass is 10.0. The number of carbonyl (C=O) groups excluding carboxylic acids is 3. The SMILES string of the molecule is NC[C@H](O)CNCc1ccc2c(c1)C(=O)N(C1CCC(=O)NC1=O)C2. The quantitative estimate of drug-likeness (QED) is 0.483. The van der Waals surface area contributed by atoms with Crippen LogP contribution in [0, 0.1) is 0 Å². The van der Waals surface area contributed by atoms with Gasteiger partial charge in [0.2, 0.25) is 11.8 Å². The molecule has 8 nitrogen and oxygen atoms in total. The van der Waals surface area contributed by atoms with Gasteiger partial charge >= 0.3 is 0 Å². The van der Waals surface area contributed by atoms with Crippen LogP contribution in [0.1, 0.15) is 34.3 Å². The second-order valence-electron chi connectivity index (χ2n) is 6.41. The van der Waals surface area contributed by atoms with Crippen LogP contribution in [0.25, 0.3) is 0 Å². The summed E-state index contributed by atoms with van der Waals surface area (Å²) in [5, 5.41) is 14.8. The Kier molecular flexibility index (Phi) is 5.12. The van der Waals surface area contributed by atoms with Crippen molar-refractivity contribution in [1.82, 2.24) is 15.5 Å². The van der Waals surface area contributed by atoms with Gasteiger partial charge in [-0.1, -0.05) is 12.1 Å². The van der Waals surface area contributed by atoms with Gasteiger partial charge in [-0.05, 0) is 23.6 Å². The lowest BCUT2D eigenvalue weighted by Gasteiger charge is -2.29. The lowest BCUT2D eigenvalue weighted by molar-refractivity contribution is -0.136. The standard InChI is InChI=1S/C17H22N4O4/c18-6-12(22)8-19-7-10-1-2-11-9-21(17(25)13(11)5-10)14-3-4-15(23)20-16(14)24/h1-2,5,12,14,19,22H,3-4,6-9,18H2,(H,20,23,24)/t12-,14?/m0/s1. The molecule has 1 saturated heterocycles. The molecule has 8 heteroatoms. The van der Waals surface area contributed by atoms with Gasteiger partial charge in [0.25, 0.3) is 5.91 Å². The molecule has 5 N–H and O–H groups in total. The maximum absolute atomic E-state index is 12.7. The van der Waals surface area contributed by atoms with Crippen molar-refractivity contribution in [3.63, 3.8) is 0 Å². The van der Waals surface area contributed by atoms with E-state index in [0.717, 1.165) is 11.1 Å². The second kappa shape index (κ2) is 7.30. The number of nitrogens with two attached hydrogens (primary N) is 1.